The third-order valence-electron chi connectivity index (χ3n) is 3.19. The summed E-state index contributed by atoms with van der Waals surface area (Å²) in [6.45, 7) is 0. The molecule has 0 aliphatic rings. The molecule has 0 unspecified atom stereocenters. The first-order valence-electron chi connectivity index (χ1n) is 6.77. The van der Waals surface area contributed by atoms with Crippen molar-refractivity contribution >= 4 is 24.1 Å². The maximum atomic E-state index is 13.9. The van der Waals surface area contributed by atoms with Gasteiger partial charge in [-0.25, -0.2) is 9.49 Å². The molecule has 3 rings (SSSR count). The van der Waals surface area contributed by atoms with Crippen LogP contribution < -0.4 is 0 Å². The number of rotatable bonds is 4. The Kier molecular flexibility index (Phi) is 4.25. The van der Waals surface area contributed by atoms with Gasteiger partial charge in [-0.1, -0.05) is 12.1 Å². The number of hydrogen-bond donors (Lipinski definition) is 1. The van der Waals surface area contributed by atoms with E-state index in [1.807, 2.05) is 0 Å². The van der Waals surface area contributed by atoms with E-state index in [0.29, 0.717) is 5.56 Å². The minimum atomic E-state index is -0.483. The quantitative estimate of drug-likeness (QED) is 0.340. The molecule has 1 aromatic heterocycles. The minimum Gasteiger partial charge on any atom is -0.258 e. The van der Waals surface area contributed by atoms with E-state index in [4.69, 9.17) is 12.2 Å². The average Bonchev–Trinajstić information content (AvgIpc) is 2.94. The summed E-state index contributed by atoms with van der Waals surface area (Å²) in [6, 6.07) is 12.0. The highest BCUT2D eigenvalue weighted by atomic mass is 32.1. The van der Waals surface area contributed by atoms with Crippen LogP contribution in [0.4, 0.5) is 10.1 Å². The molecular formula is C15H10FN5O2S. The fraction of sp³-hybridized carbons (Fsp3) is 0. The Morgan fingerprint density at radius 2 is 1.96 bits per heavy atom. The molecule has 120 valence electrons. The molecule has 24 heavy (non-hydrogen) atoms. The average molecular weight is 343 g/mol. The van der Waals surface area contributed by atoms with Crippen LogP contribution >= 0.6 is 12.2 Å². The van der Waals surface area contributed by atoms with Crippen LogP contribution in [0.25, 0.3) is 11.4 Å². The van der Waals surface area contributed by atoms with Crippen LogP contribution in [0.3, 0.4) is 0 Å². The first-order chi connectivity index (χ1) is 11.6. The van der Waals surface area contributed by atoms with Crippen LogP contribution in [0.1, 0.15) is 5.56 Å². The van der Waals surface area contributed by atoms with Gasteiger partial charge >= 0.3 is 0 Å². The summed E-state index contributed by atoms with van der Waals surface area (Å²) in [5.41, 5.74) is 0.869. The first kappa shape index (κ1) is 15.7. The molecule has 0 bridgehead atoms. The molecule has 0 aliphatic heterocycles. The Morgan fingerprint density at radius 3 is 2.62 bits per heavy atom. The Balaban J connectivity index is 1.96. The molecule has 0 fully saturated rings. The summed E-state index contributed by atoms with van der Waals surface area (Å²) >= 11 is 5.11. The van der Waals surface area contributed by atoms with Gasteiger partial charge in [0, 0.05) is 12.1 Å². The van der Waals surface area contributed by atoms with Gasteiger partial charge in [0.25, 0.3) is 5.69 Å². The number of halogens is 1. The fourth-order valence-electron chi connectivity index (χ4n) is 2.02. The van der Waals surface area contributed by atoms with Crippen LogP contribution in [-0.2, 0) is 0 Å². The lowest BCUT2D eigenvalue weighted by Crippen LogP contribution is -1.97. The standard InChI is InChI=1S/C15H10FN5O2S/c16-13-4-2-1-3-12(13)14-18-19-15(24)20(14)17-9-10-5-7-11(8-6-10)21(22)23/h1-9H,(H,19,24)/b17-9-. The van der Waals surface area contributed by atoms with Crippen LogP contribution in [0.2, 0.25) is 0 Å². The predicted octanol–water partition coefficient (Wildman–Crippen LogP) is 3.54. The van der Waals surface area contributed by atoms with E-state index in [9.17, 15) is 14.5 Å². The van der Waals surface area contributed by atoms with Crippen LogP contribution in [0, 0.1) is 20.7 Å². The highest BCUT2D eigenvalue weighted by Gasteiger charge is 2.12. The fourth-order valence-corrected chi connectivity index (χ4v) is 2.20. The van der Waals surface area contributed by atoms with Gasteiger partial charge in [-0.2, -0.15) is 14.9 Å². The van der Waals surface area contributed by atoms with Crippen molar-refractivity contribution in [3.8, 4) is 11.4 Å². The van der Waals surface area contributed by atoms with Gasteiger partial charge in [0.1, 0.15) is 5.82 Å². The topological polar surface area (TPSA) is 89.1 Å². The van der Waals surface area contributed by atoms with Crippen LogP contribution in [0.15, 0.2) is 53.6 Å². The molecule has 7 nitrogen and oxygen atoms in total. The van der Waals surface area contributed by atoms with Crippen molar-refractivity contribution in [3.63, 3.8) is 0 Å². The van der Waals surface area contributed by atoms with Gasteiger partial charge in [0.2, 0.25) is 4.77 Å². The number of aromatic amines is 1. The lowest BCUT2D eigenvalue weighted by molar-refractivity contribution is -0.384. The van der Waals surface area contributed by atoms with E-state index < -0.39 is 10.7 Å². The number of aromatic nitrogens is 3. The summed E-state index contributed by atoms with van der Waals surface area (Å²) in [5.74, 6) is -0.213. The summed E-state index contributed by atoms with van der Waals surface area (Å²) in [5, 5.41) is 21.4. The summed E-state index contributed by atoms with van der Waals surface area (Å²) in [4.78, 5) is 10.2. The SMILES string of the molecule is O=[N+]([O-])c1ccc(/C=N\n2c(-c3ccccc3F)n[nH]c2=S)cc1. The maximum Gasteiger partial charge on any atom is 0.269 e. The van der Waals surface area contributed by atoms with E-state index in [1.165, 1.54) is 29.1 Å². The van der Waals surface area contributed by atoms with Crippen molar-refractivity contribution in [2.24, 2.45) is 5.10 Å². The second-order valence-corrected chi connectivity index (χ2v) is 5.12. The normalized spacial score (nSPS) is 11.0. The zero-order valence-electron chi connectivity index (χ0n) is 12.1. The first-order valence-corrected chi connectivity index (χ1v) is 7.18. The van der Waals surface area contributed by atoms with E-state index in [2.05, 4.69) is 15.3 Å². The Bertz CT molecular complexity index is 978. The van der Waals surface area contributed by atoms with E-state index >= 15 is 0 Å². The Labute approximate surface area is 140 Å². The summed E-state index contributed by atoms with van der Waals surface area (Å²) in [7, 11) is 0. The lowest BCUT2D eigenvalue weighted by Gasteiger charge is -2.02. The molecule has 0 aliphatic carbocycles. The van der Waals surface area contributed by atoms with Gasteiger partial charge < -0.3 is 0 Å². The molecule has 0 atom stereocenters. The van der Waals surface area contributed by atoms with Gasteiger partial charge in [-0.15, -0.1) is 0 Å². The third-order valence-corrected chi connectivity index (χ3v) is 3.46. The largest absolute Gasteiger partial charge is 0.269 e. The number of benzene rings is 2. The van der Waals surface area contributed by atoms with Crippen molar-refractivity contribution in [1.29, 1.82) is 0 Å². The smallest absolute Gasteiger partial charge is 0.258 e. The van der Waals surface area contributed by atoms with Crippen molar-refractivity contribution in [1.82, 2.24) is 14.9 Å². The minimum absolute atomic E-state index is 0.0147. The summed E-state index contributed by atoms with van der Waals surface area (Å²) in [6.07, 6.45) is 1.46. The Hall–Kier alpha value is -3.20. The molecule has 1 N–H and O–H groups in total. The van der Waals surface area contributed by atoms with Crippen molar-refractivity contribution in [2.75, 3.05) is 0 Å². The number of nitro benzene ring substituents is 1. The molecule has 3 aromatic rings. The number of nitrogens with one attached hydrogen (secondary N) is 1. The third kappa shape index (κ3) is 3.10. The van der Waals surface area contributed by atoms with Gasteiger partial charge in [0.05, 0.1) is 16.7 Å². The molecule has 1 heterocycles. The molecule has 0 spiro atoms. The lowest BCUT2D eigenvalue weighted by atomic mass is 10.2. The molecule has 0 radical (unpaired) electrons. The number of non-ortho nitro benzene ring substituents is 1. The van der Waals surface area contributed by atoms with Crippen molar-refractivity contribution in [3.05, 3.63) is 74.8 Å². The van der Waals surface area contributed by atoms with Crippen molar-refractivity contribution in [2.45, 2.75) is 0 Å². The van der Waals surface area contributed by atoms with Gasteiger partial charge in [-0.05, 0) is 42.0 Å². The zero-order valence-corrected chi connectivity index (χ0v) is 12.9. The Morgan fingerprint density at radius 1 is 1.25 bits per heavy atom. The molecule has 9 heteroatoms. The monoisotopic (exact) mass is 343 g/mol. The number of hydrogen-bond acceptors (Lipinski definition) is 5. The molecule has 0 saturated carbocycles. The second kappa shape index (κ2) is 6.50. The van der Waals surface area contributed by atoms with Gasteiger partial charge in [-0.3, -0.25) is 10.1 Å². The van der Waals surface area contributed by atoms with Crippen LogP contribution in [0.5, 0.6) is 0 Å². The predicted molar refractivity (Wildman–Crippen MR) is 88.9 cm³/mol. The molecule has 2 aromatic carbocycles. The van der Waals surface area contributed by atoms with Crippen LogP contribution in [-0.4, -0.2) is 26.0 Å². The number of H-pyrrole nitrogens is 1. The number of nitro groups is 1. The highest BCUT2D eigenvalue weighted by Crippen LogP contribution is 2.20. The van der Waals surface area contributed by atoms with E-state index in [-0.39, 0.29) is 21.8 Å². The molecule has 0 amide bonds. The molecule has 0 saturated heterocycles. The zero-order chi connectivity index (χ0) is 17.1. The highest BCUT2D eigenvalue weighted by molar-refractivity contribution is 7.71. The van der Waals surface area contributed by atoms with E-state index in [0.717, 1.165) is 0 Å². The second-order valence-electron chi connectivity index (χ2n) is 4.74. The van der Waals surface area contributed by atoms with Crippen molar-refractivity contribution < 1.29 is 9.31 Å². The van der Waals surface area contributed by atoms with Gasteiger partial charge in [0.15, 0.2) is 5.82 Å². The maximum absolute atomic E-state index is 13.9. The summed E-state index contributed by atoms with van der Waals surface area (Å²) < 4.78 is 15.4. The number of nitrogens with zero attached hydrogens (tertiary/aromatic N) is 4. The van der Waals surface area contributed by atoms with E-state index in [1.54, 1.807) is 30.3 Å². The molecular weight excluding hydrogens is 333 g/mol.